The van der Waals surface area contributed by atoms with Crippen molar-refractivity contribution in [3.63, 3.8) is 0 Å². The summed E-state index contributed by atoms with van der Waals surface area (Å²) in [7, 11) is 0. The van der Waals surface area contributed by atoms with Crippen LogP contribution in [0.5, 0.6) is 0 Å². The number of nitrogens with zero attached hydrogens (tertiary/aromatic N) is 2. The number of aliphatic carboxylic acids is 1. The fraction of sp³-hybridized carbons (Fsp3) is 0.762. The quantitative estimate of drug-likeness (QED) is 0.0960. The number of hydrogen-bond donors (Lipinski definition) is 6. The van der Waals surface area contributed by atoms with Crippen LogP contribution < -0.4 is 27.8 Å². The van der Waals surface area contributed by atoms with Crippen LogP contribution in [0.15, 0.2) is 4.99 Å². The molecule has 0 aromatic carbocycles. The zero-order valence-electron chi connectivity index (χ0n) is 20.2. The molecule has 3 amide bonds. The lowest BCUT2D eigenvalue weighted by molar-refractivity contribution is -0.144. The van der Waals surface area contributed by atoms with E-state index in [1.807, 2.05) is 6.26 Å². The van der Waals surface area contributed by atoms with E-state index >= 15 is 0 Å². The van der Waals surface area contributed by atoms with Crippen molar-refractivity contribution < 1.29 is 24.3 Å². The number of aliphatic imine (C=N–C) groups is 1. The van der Waals surface area contributed by atoms with E-state index in [1.54, 1.807) is 13.8 Å². The molecule has 0 spiro atoms. The minimum Gasteiger partial charge on any atom is -0.480 e. The molecule has 1 heterocycles. The van der Waals surface area contributed by atoms with Crippen molar-refractivity contribution in [3.8, 4) is 0 Å². The smallest absolute Gasteiger partial charge is 0.326 e. The van der Waals surface area contributed by atoms with Crippen molar-refractivity contribution in [2.75, 3.05) is 25.1 Å². The second-order valence-corrected chi connectivity index (χ2v) is 9.64. The summed E-state index contributed by atoms with van der Waals surface area (Å²) in [5.41, 5.74) is 16.6. The minimum absolute atomic E-state index is 0.0284. The summed E-state index contributed by atoms with van der Waals surface area (Å²) < 4.78 is 0. The topological polar surface area (TPSA) is 206 Å². The highest BCUT2D eigenvalue weighted by atomic mass is 32.2. The van der Waals surface area contributed by atoms with Crippen LogP contribution in [0, 0.1) is 5.92 Å². The largest absolute Gasteiger partial charge is 0.480 e. The van der Waals surface area contributed by atoms with Gasteiger partial charge in [-0.2, -0.15) is 11.8 Å². The van der Waals surface area contributed by atoms with E-state index in [2.05, 4.69) is 15.6 Å². The molecule has 13 heteroatoms. The van der Waals surface area contributed by atoms with Crippen molar-refractivity contribution >= 4 is 41.4 Å². The molecule has 1 saturated heterocycles. The van der Waals surface area contributed by atoms with Gasteiger partial charge in [0, 0.05) is 13.1 Å². The van der Waals surface area contributed by atoms with Gasteiger partial charge in [-0.1, -0.05) is 13.8 Å². The predicted molar refractivity (Wildman–Crippen MR) is 132 cm³/mol. The molecule has 0 radical (unpaired) electrons. The normalized spacial score (nSPS) is 18.1. The highest BCUT2D eigenvalue weighted by Crippen LogP contribution is 2.20. The zero-order chi connectivity index (χ0) is 25.8. The number of amides is 3. The van der Waals surface area contributed by atoms with E-state index in [1.165, 1.54) is 16.7 Å². The van der Waals surface area contributed by atoms with Crippen LogP contribution in [-0.2, 0) is 19.2 Å². The first kappa shape index (κ1) is 29.5. The third kappa shape index (κ3) is 9.37. The maximum Gasteiger partial charge on any atom is 0.326 e. The lowest BCUT2D eigenvalue weighted by atomic mass is 10.0. The van der Waals surface area contributed by atoms with Crippen LogP contribution in [0.4, 0.5) is 0 Å². The first-order valence-corrected chi connectivity index (χ1v) is 12.8. The first-order valence-electron chi connectivity index (χ1n) is 11.4. The van der Waals surface area contributed by atoms with Crippen LogP contribution in [0.3, 0.4) is 0 Å². The molecule has 0 saturated carbocycles. The molecule has 194 valence electrons. The van der Waals surface area contributed by atoms with Crippen molar-refractivity contribution in [3.05, 3.63) is 0 Å². The Morgan fingerprint density at radius 3 is 2.41 bits per heavy atom. The Balaban J connectivity index is 2.82. The Labute approximate surface area is 204 Å². The summed E-state index contributed by atoms with van der Waals surface area (Å²) in [5.74, 6) is -2.25. The summed E-state index contributed by atoms with van der Waals surface area (Å²) in [5, 5.41) is 14.6. The molecule has 1 rings (SSSR count). The van der Waals surface area contributed by atoms with Crippen LogP contribution >= 0.6 is 11.8 Å². The highest BCUT2D eigenvalue weighted by molar-refractivity contribution is 7.98. The molecular formula is C21H39N7O5S. The number of thioether (sulfide) groups is 1. The summed E-state index contributed by atoms with van der Waals surface area (Å²) in [4.78, 5) is 55.5. The molecule has 0 aromatic rings. The molecule has 0 aromatic heterocycles. The van der Waals surface area contributed by atoms with Gasteiger partial charge in [0.1, 0.15) is 18.1 Å². The van der Waals surface area contributed by atoms with Crippen LogP contribution in [0.25, 0.3) is 0 Å². The average Bonchev–Trinajstić information content (AvgIpc) is 3.26. The number of rotatable bonds is 14. The third-order valence-corrected chi connectivity index (χ3v) is 6.24. The summed E-state index contributed by atoms with van der Waals surface area (Å²) in [6, 6.07) is -3.50. The van der Waals surface area contributed by atoms with Crippen LogP contribution in [0.2, 0.25) is 0 Å². The lowest BCUT2D eigenvalue weighted by Gasteiger charge is -2.29. The molecule has 1 aliphatic heterocycles. The number of carboxylic acid groups (broad SMARTS) is 1. The number of hydrogen-bond acceptors (Lipinski definition) is 7. The van der Waals surface area contributed by atoms with Gasteiger partial charge < -0.3 is 37.8 Å². The number of carbonyl (C=O) groups is 4. The molecule has 4 atom stereocenters. The predicted octanol–water partition coefficient (Wildman–Crippen LogP) is -1.18. The van der Waals surface area contributed by atoms with Gasteiger partial charge in [0.15, 0.2) is 5.96 Å². The average molecular weight is 502 g/mol. The lowest BCUT2D eigenvalue weighted by Crippen LogP contribution is -2.57. The second-order valence-electron chi connectivity index (χ2n) is 8.66. The van der Waals surface area contributed by atoms with Gasteiger partial charge in [-0.15, -0.1) is 0 Å². The molecule has 9 N–H and O–H groups in total. The zero-order valence-corrected chi connectivity index (χ0v) is 21.0. The molecule has 1 aliphatic rings. The second kappa shape index (κ2) is 14.7. The van der Waals surface area contributed by atoms with E-state index in [0.717, 1.165) is 0 Å². The van der Waals surface area contributed by atoms with E-state index in [9.17, 15) is 24.3 Å². The van der Waals surface area contributed by atoms with Gasteiger partial charge >= 0.3 is 5.97 Å². The fourth-order valence-corrected chi connectivity index (χ4v) is 4.17. The molecule has 1 fully saturated rings. The Morgan fingerprint density at radius 2 is 1.85 bits per heavy atom. The molecule has 4 unspecified atom stereocenters. The number of carboxylic acids is 1. The summed E-state index contributed by atoms with van der Waals surface area (Å²) in [6.07, 6.45) is 4.18. The van der Waals surface area contributed by atoms with E-state index in [0.29, 0.717) is 50.9 Å². The Morgan fingerprint density at radius 1 is 1.18 bits per heavy atom. The number of nitrogens with two attached hydrogens (primary N) is 3. The third-order valence-electron chi connectivity index (χ3n) is 5.60. The van der Waals surface area contributed by atoms with E-state index in [4.69, 9.17) is 17.2 Å². The number of likely N-dealkylation sites (tertiary alicyclic amines) is 1. The minimum atomic E-state index is -1.14. The van der Waals surface area contributed by atoms with Crippen LogP contribution in [-0.4, -0.2) is 88.9 Å². The van der Waals surface area contributed by atoms with Gasteiger partial charge in [-0.25, -0.2) is 4.79 Å². The van der Waals surface area contributed by atoms with E-state index < -0.39 is 42.0 Å². The molecule has 0 bridgehead atoms. The van der Waals surface area contributed by atoms with Crippen molar-refractivity contribution in [2.45, 2.75) is 70.1 Å². The van der Waals surface area contributed by atoms with Crippen molar-refractivity contribution in [2.24, 2.45) is 28.1 Å². The van der Waals surface area contributed by atoms with Gasteiger partial charge in [-0.05, 0) is 50.0 Å². The van der Waals surface area contributed by atoms with Gasteiger partial charge in [0.25, 0.3) is 0 Å². The Kier molecular flexibility index (Phi) is 12.7. The SMILES string of the molecule is CSCCC(NC(=O)C1CCCN1C(=O)C(N)CCCN=C(N)N)C(=O)NC(C(=O)O)C(C)C. The van der Waals surface area contributed by atoms with Gasteiger partial charge in [0.2, 0.25) is 17.7 Å². The molecule has 12 nitrogen and oxygen atoms in total. The van der Waals surface area contributed by atoms with Gasteiger partial charge in [0.05, 0.1) is 6.04 Å². The number of carbonyl (C=O) groups excluding carboxylic acids is 3. The van der Waals surface area contributed by atoms with Crippen molar-refractivity contribution in [1.82, 2.24) is 15.5 Å². The Hall–Kier alpha value is -2.54. The molecular weight excluding hydrogens is 462 g/mol. The summed E-state index contributed by atoms with van der Waals surface area (Å²) in [6.45, 7) is 4.13. The molecule has 34 heavy (non-hydrogen) atoms. The maximum absolute atomic E-state index is 13.1. The van der Waals surface area contributed by atoms with E-state index in [-0.39, 0.29) is 17.8 Å². The first-order chi connectivity index (χ1) is 16.0. The highest BCUT2D eigenvalue weighted by Gasteiger charge is 2.37. The van der Waals surface area contributed by atoms with Gasteiger partial charge in [-0.3, -0.25) is 19.4 Å². The Bertz CT molecular complexity index is 745. The molecule has 0 aliphatic carbocycles. The van der Waals surface area contributed by atoms with Crippen LogP contribution in [0.1, 0.15) is 46.0 Å². The standard InChI is InChI=1S/C21H39N7O5S/c1-12(2)16(20(32)33)27-17(29)14(8-11-34-3)26-18(30)15-7-5-10-28(15)19(31)13(22)6-4-9-25-21(23)24/h12-16H,4-11,22H2,1-3H3,(H,26,30)(H,27,29)(H,32,33)(H4,23,24,25). The van der Waals surface area contributed by atoms with Crippen molar-refractivity contribution in [1.29, 1.82) is 0 Å². The monoisotopic (exact) mass is 501 g/mol. The maximum atomic E-state index is 13.1. The fourth-order valence-electron chi connectivity index (χ4n) is 3.70. The summed E-state index contributed by atoms with van der Waals surface area (Å²) >= 11 is 1.51. The number of guanidine groups is 1. The number of nitrogens with one attached hydrogen (secondary N) is 2.